The highest BCUT2D eigenvalue weighted by molar-refractivity contribution is 5.80. The molecule has 0 unspecified atom stereocenters. The molecular weight excluding hydrogens is 357 g/mol. The maximum absolute atomic E-state index is 13.2. The molecule has 7 heteroatoms. The fraction of sp³-hybridized carbons (Fsp3) is 0.619. The summed E-state index contributed by atoms with van der Waals surface area (Å²) in [4.78, 5) is 23.2. The van der Waals surface area contributed by atoms with E-state index in [4.69, 9.17) is 0 Å². The van der Waals surface area contributed by atoms with Crippen LogP contribution in [0, 0.1) is 5.82 Å². The summed E-state index contributed by atoms with van der Waals surface area (Å²) in [7, 11) is 1.80. The number of nitrogens with zero attached hydrogens (tertiary/aromatic N) is 4. The Morgan fingerprint density at radius 1 is 1.11 bits per heavy atom. The first kappa shape index (κ1) is 20.6. The Morgan fingerprint density at radius 3 is 2.54 bits per heavy atom. The summed E-state index contributed by atoms with van der Waals surface area (Å²) in [5, 5.41) is 3.41. The monoisotopic (exact) mass is 389 g/mol. The number of hydrogen-bond acceptors (Lipinski definition) is 3. The number of piperazine rings is 1. The molecule has 0 aliphatic carbocycles. The lowest BCUT2D eigenvalue weighted by molar-refractivity contribution is -0.131. The first-order valence-electron chi connectivity index (χ1n) is 10.4. The van der Waals surface area contributed by atoms with Crippen molar-refractivity contribution >= 4 is 11.9 Å². The normalized spacial score (nSPS) is 18.6. The van der Waals surface area contributed by atoms with Crippen LogP contribution in [-0.4, -0.2) is 86.0 Å². The second-order valence-corrected chi connectivity index (χ2v) is 7.56. The van der Waals surface area contributed by atoms with E-state index in [2.05, 4.69) is 20.1 Å². The van der Waals surface area contributed by atoms with Gasteiger partial charge in [0.1, 0.15) is 5.82 Å². The summed E-state index contributed by atoms with van der Waals surface area (Å²) in [6, 6.07) is 6.78. The largest absolute Gasteiger partial charge is 0.356 e. The van der Waals surface area contributed by atoms with Crippen LogP contribution in [0.3, 0.4) is 0 Å². The molecule has 0 bridgehead atoms. The quantitative estimate of drug-likeness (QED) is 0.456. The summed E-state index contributed by atoms with van der Waals surface area (Å²) in [6.07, 6.45) is 4.04. The van der Waals surface area contributed by atoms with Gasteiger partial charge in [0.25, 0.3) is 0 Å². The Kier molecular flexibility index (Phi) is 7.65. The van der Waals surface area contributed by atoms with Gasteiger partial charge in [-0.25, -0.2) is 4.39 Å². The van der Waals surface area contributed by atoms with Gasteiger partial charge in [-0.15, -0.1) is 0 Å². The fourth-order valence-corrected chi connectivity index (χ4v) is 3.89. The molecule has 2 heterocycles. The van der Waals surface area contributed by atoms with Gasteiger partial charge in [0, 0.05) is 52.9 Å². The van der Waals surface area contributed by atoms with E-state index in [-0.39, 0.29) is 11.7 Å². The average Bonchev–Trinajstić information content (AvgIpc) is 3.24. The summed E-state index contributed by atoms with van der Waals surface area (Å²) in [6.45, 7) is 6.68. The molecule has 0 atom stereocenters. The molecule has 0 radical (unpaired) electrons. The van der Waals surface area contributed by atoms with Gasteiger partial charge >= 0.3 is 0 Å². The van der Waals surface area contributed by atoms with Gasteiger partial charge in [0.15, 0.2) is 5.96 Å². The number of likely N-dealkylation sites (tertiary alicyclic amines) is 1. The predicted molar refractivity (Wildman–Crippen MR) is 110 cm³/mol. The van der Waals surface area contributed by atoms with Crippen molar-refractivity contribution in [3.63, 3.8) is 0 Å². The second-order valence-electron chi connectivity index (χ2n) is 7.56. The number of hydrogen-bond donors (Lipinski definition) is 1. The molecule has 2 saturated heterocycles. The van der Waals surface area contributed by atoms with E-state index in [1.165, 1.54) is 6.07 Å². The topological polar surface area (TPSA) is 51.2 Å². The molecule has 2 aliphatic rings. The number of aryl methyl sites for hydroxylation is 1. The summed E-state index contributed by atoms with van der Waals surface area (Å²) >= 11 is 0. The van der Waals surface area contributed by atoms with Crippen LogP contribution in [0.5, 0.6) is 0 Å². The number of guanidine groups is 1. The maximum Gasteiger partial charge on any atom is 0.236 e. The minimum atomic E-state index is -0.178. The van der Waals surface area contributed by atoms with Crippen molar-refractivity contribution in [2.24, 2.45) is 4.99 Å². The number of benzene rings is 1. The van der Waals surface area contributed by atoms with Crippen molar-refractivity contribution < 1.29 is 9.18 Å². The molecule has 1 aromatic carbocycles. The van der Waals surface area contributed by atoms with Crippen LogP contribution in [-0.2, 0) is 11.2 Å². The molecule has 2 aliphatic heterocycles. The van der Waals surface area contributed by atoms with Gasteiger partial charge in [-0.05, 0) is 43.4 Å². The summed E-state index contributed by atoms with van der Waals surface area (Å²) in [5.41, 5.74) is 1.02. The zero-order chi connectivity index (χ0) is 19.8. The van der Waals surface area contributed by atoms with Gasteiger partial charge in [-0.1, -0.05) is 12.1 Å². The maximum atomic E-state index is 13.2. The Hall–Kier alpha value is -2.15. The van der Waals surface area contributed by atoms with E-state index >= 15 is 0 Å². The number of aliphatic imine (C=N–C) groups is 1. The van der Waals surface area contributed by atoms with Crippen molar-refractivity contribution in [1.29, 1.82) is 0 Å². The third-order valence-electron chi connectivity index (χ3n) is 5.52. The molecule has 154 valence electrons. The second kappa shape index (κ2) is 10.4. The highest BCUT2D eigenvalue weighted by Crippen LogP contribution is 2.10. The molecule has 0 saturated carbocycles. The molecule has 0 aromatic heterocycles. The third kappa shape index (κ3) is 5.92. The Balaban J connectivity index is 1.35. The standard InChI is InChI=1S/C21H32FN5O/c1-23-21(24-9-5-7-18-6-4-8-19(22)16-18)27-14-12-25(13-15-27)17-20(28)26-10-2-3-11-26/h4,6,8,16H,2-3,5,7,9-15,17H2,1H3,(H,23,24). The zero-order valence-corrected chi connectivity index (χ0v) is 16.9. The number of halogens is 1. The number of carbonyl (C=O) groups excluding carboxylic acids is 1. The average molecular weight is 390 g/mol. The van der Waals surface area contributed by atoms with E-state index in [0.717, 1.165) is 83.0 Å². The molecular formula is C21H32FN5O. The minimum Gasteiger partial charge on any atom is -0.356 e. The SMILES string of the molecule is CN=C(NCCCc1cccc(F)c1)N1CCN(CC(=O)N2CCCC2)CC1. The van der Waals surface area contributed by atoms with E-state index in [1.54, 1.807) is 19.2 Å². The van der Waals surface area contributed by atoms with E-state index < -0.39 is 0 Å². The lowest BCUT2D eigenvalue weighted by Gasteiger charge is -2.36. The molecule has 1 aromatic rings. The number of carbonyl (C=O) groups is 1. The van der Waals surface area contributed by atoms with Crippen LogP contribution in [0.2, 0.25) is 0 Å². The highest BCUT2D eigenvalue weighted by Gasteiger charge is 2.24. The van der Waals surface area contributed by atoms with Crippen molar-refractivity contribution in [3.05, 3.63) is 35.6 Å². The molecule has 1 amide bonds. The van der Waals surface area contributed by atoms with E-state index in [1.807, 2.05) is 11.0 Å². The van der Waals surface area contributed by atoms with Crippen LogP contribution in [0.1, 0.15) is 24.8 Å². The van der Waals surface area contributed by atoms with Crippen LogP contribution >= 0.6 is 0 Å². The molecule has 28 heavy (non-hydrogen) atoms. The molecule has 0 spiro atoms. The Bertz CT molecular complexity index is 667. The minimum absolute atomic E-state index is 0.178. The molecule has 3 rings (SSSR count). The Morgan fingerprint density at radius 2 is 1.86 bits per heavy atom. The van der Waals surface area contributed by atoms with Gasteiger partial charge in [-0.2, -0.15) is 0 Å². The highest BCUT2D eigenvalue weighted by atomic mass is 19.1. The van der Waals surface area contributed by atoms with Crippen LogP contribution in [0.15, 0.2) is 29.3 Å². The van der Waals surface area contributed by atoms with Crippen LogP contribution in [0.4, 0.5) is 4.39 Å². The first-order chi connectivity index (χ1) is 13.7. The fourth-order valence-electron chi connectivity index (χ4n) is 3.89. The zero-order valence-electron chi connectivity index (χ0n) is 16.9. The van der Waals surface area contributed by atoms with E-state index in [9.17, 15) is 9.18 Å². The van der Waals surface area contributed by atoms with Gasteiger partial charge in [-0.3, -0.25) is 14.7 Å². The molecule has 6 nitrogen and oxygen atoms in total. The van der Waals surface area contributed by atoms with Crippen molar-refractivity contribution in [3.8, 4) is 0 Å². The summed E-state index contributed by atoms with van der Waals surface area (Å²) in [5.74, 6) is 0.998. The van der Waals surface area contributed by atoms with Crippen molar-refractivity contribution in [2.45, 2.75) is 25.7 Å². The molecule has 1 N–H and O–H groups in total. The Labute approximate surface area is 167 Å². The number of nitrogens with one attached hydrogen (secondary N) is 1. The molecule has 2 fully saturated rings. The lowest BCUT2D eigenvalue weighted by atomic mass is 10.1. The van der Waals surface area contributed by atoms with Gasteiger partial charge in [0.2, 0.25) is 5.91 Å². The predicted octanol–water partition coefficient (Wildman–Crippen LogP) is 1.57. The summed E-state index contributed by atoms with van der Waals surface area (Å²) < 4.78 is 13.2. The van der Waals surface area contributed by atoms with Crippen LogP contribution < -0.4 is 5.32 Å². The lowest BCUT2D eigenvalue weighted by Crippen LogP contribution is -2.54. The van der Waals surface area contributed by atoms with E-state index in [0.29, 0.717) is 6.54 Å². The van der Waals surface area contributed by atoms with Crippen LogP contribution in [0.25, 0.3) is 0 Å². The number of amides is 1. The van der Waals surface area contributed by atoms with Gasteiger partial charge in [0.05, 0.1) is 6.54 Å². The first-order valence-corrected chi connectivity index (χ1v) is 10.4. The van der Waals surface area contributed by atoms with Crippen molar-refractivity contribution in [2.75, 3.05) is 59.4 Å². The van der Waals surface area contributed by atoms with Crippen molar-refractivity contribution in [1.82, 2.24) is 20.0 Å². The van der Waals surface area contributed by atoms with Gasteiger partial charge < -0.3 is 15.1 Å². The smallest absolute Gasteiger partial charge is 0.236 e. The number of rotatable bonds is 6. The third-order valence-corrected chi connectivity index (χ3v) is 5.52.